The molecule has 28 heavy (non-hydrogen) atoms. The Morgan fingerprint density at radius 3 is 2.68 bits per heavy atom. The number of rotatable bonds is 5. The summed E-state index contributed by atoms with van der Waals surface area (Å²) in [6.07, 6.45) is 3.91. The third-order valence-corrected chi connectivity index (χ3v) is 6.43. The van der Waals surface area contributed by atoms with Crippen LogP contribution < -0.4 is 0 Å². The van der Waals surface area contributed by atoms with Crippen molar-refractivity contribution < 1.29 is 29.3 Å². The molecule has 0 amide bonds. The van der Waals surface area contributed by atoms with Gasteiger partial charge in [-0.2, -0.15) is 0 Å². The number of carbonyl (C=O) groups is 2. The lowest BCUT2D eigenvalue weighted by molar-refractivity contribution is -0.134. The summed E-state index contributed by atoms with van der Waals surface area (Å²) in [5.41, 5.74) is -0.0466. The van der Waals surface area contributed by atoms with E-state index in [1.807, 2.05) is 0 Å². The van der Waals surface area contributed by atoms with E-state index < -0.39 is 35.1 Å². The van der Waals surface area contributed by atoms with E-state index in [0.29, 0.717) is 19.5 Å². The number of halogens is 2. The van der Waals surface area contributed by atoms with Gasteiger partial charge in [0.1, 0.15) is 16.8 Å². The van der Waals surface area contributed by atoms with Crippen molar-refractivity contribution in [2.24, 2.45) is 5.92 Å². The van der Waals surface area contributed by atoms with Crippen LogP contribution in [0.25, 0.3) is 0 Å². The van der Waals surface area contributed by atoms with Crippen molar-refractivity contribution in [1.82, 2.24) is 9.80 Å². The summed E-state index contributed by atoms with van der Waals surface area (Å²) in [5, 5.41) is 27.5. The van der Waals surface area contributed by atoms with Crippen LogP contribution >= 0.6 is 11.6 Å². The number of fused-ring (bicyclic) bond motifs is 1. The molecule has 0 radical (unpaired) electrons. The third kappa shape index (κ3) is 3.13. The summed E-state index contributed by atoms with van der Waals surface area (Å²) in [5.74, 6) is -2.88. The highest BCUT2D eigenvalue weighted by molar-refractivity contribution is 6.28. The molecule has 0 spiro atoms. The summed E-state index contributed by atoms with van der Waals surface area (Å²) in [7, 11) is 0. The highest BCUT2D eigenvalue weighted by atomic mass is 35.5. The molecule has 2 aliphatic carbocycles. The van der Waals surface area contributed by atoms with Crippen molar-refractivity contribution in [2.45, 2.75) is 42.8 Å². The molecular formula is C19H22ClFN2O5. The summed E-state index contributed by atoms with van der Waals surface area (Å²) in [6, 6.07) is -0.539. The number of aliphatic hydroxyl groups excluding tert-OH is 2. The van der Waals surface area contributed by atoms with Gasteiger partial charge in [0.05, 0.1) is 24.4 Å². The maximum Gasteiger partial charge on any atom is 0.341 e. The number of likely N-dealkylation sites (tertiary alicyclic amines) is 1. The number of hydrogen-bond donors (Lipinski definition) is 3. The minimum Gasteiger partial charge on any atom is -0.477 e. The van der Waals surface area contributed by atoms with Gasteiger partial charge in [-0.05, 0) is 25.3 Å². The first-order valence-corrected chi connectivity index (χ1v) is 9.83. The van der Waals surface area contributed by atoms with E-state index in [0.717, 1.165) is 18.9 Å². The number of ketones is 1. The van der Waals surface area contributed by atoms with Gasteiger partial charge < -0.3 is 25.1 Å². The van der Waals surface area contributed by atoms with Crippen LogP contribution in [0.3, 0.4) is 0 Å². The molecule has 1 saturated carbocycles. The van der Waals surface area contributed by atoms with Gasteiger partial charge in [-0.25, -0.2) is 9.18 Å². The zero-order valence-corrected chi connectivity index (χ0v) is 15.8. The van der Waals surface area contributed by atoms with Crippen LogP contribution in [0.2, 0.25) is 0 Å². The summed E-state index contributed by atoms with van der Waals surface area (Å²) >= 11 is 6.69. The number of carbonyl (C=O) groups excluding carboxylic acids is 1. The standard InChI is InChI=1S/C19H22ClFN2O5/c20-15-16-11(18(26)12(19(27)28)7-23(16)10-1-2-10)5-13(21)17(15)22-4-3-9(6-22)14(25)8-24/h5,7,9-10,14-16,24-25H,1-4,6,8H2,(H,27,28). The van der Waals surface area contributed by atoms with Crippen LogP contribution in [0.1, 0.15) is 19.3 Å². The molecule has 3 N–H and O–H groups in total. The first-order valence-electron chi connectivity index (χ1n) is 9.40. The van der Waals surface area contributed by atoms with Crippen LogP contribution in [-0.4, -0.2) is 80.1 Å². The fourth-order valence-corrected chi connectivity index (χ4v) is 4.85. The van der Waals surface area contributed by atoms with E-state index >= 15 is 4.39 Å². The predicted molar refractivity (Wildman–Crippen MR) is 98.0 cm³/mol. The molecule has 0 aromatic carbocycles. The average molecular weight is 413 g/mol. The van der Waals surface area contributed by atoms with E-state index in [9.17, 15) is 19.8 Å². The maximum atomic E-state index is 15.0. The number of carboxylic acids is 1. The Morgan fingerprint density at radius 1 is 1.36 bits per heavy atom. The lowest BCUT2D eigenvalue weighted by atomic mass is 9.85. The van der Waals surface area contributed by atoms with E-state index in [1.54, 1.807) is 9.80 Å². The minimum absolute atomic E-state index is 0.0687. The Kier molecular flexibility index (Phi) is 4.97. The van der Waals surface area contributed by atoms with Gasteiger partial charge in [-0.15, -0.1) is 11.6 Å². The molecule has 4 atom stereocenters. The van der Waals surface area contributed by atoms with Crippen LogP contribution in [0.5, 0.6) is 0 Å². The van der Waals surface area contributed by atoms with Gasteiger partial charge >= 0.3 is 5.97 Å². The molecule has 9 heteroatoms. The first-order chi connectivity index (χ1) is 13.3. The van der Waals surface area contributed by atoms with Crippen molar-refractivity contribution in [3.63, 3.8) is 0 Å². The summed E-state index contributed by atoms with van der Waals surface area (Å²) in [6.45, 7) is 0.484. The lowest BCUT2D eigenvalue weighted by Crippen LogP contribution is -2.51. The smallest absolute Gasteiger partial charge is 0.341 e. The molecule has 4 aliphatic rings. The zero-order chi connectivity index (χ0) is 20.2. The number of allylic oxidation sites excluding steroid dienone is 2. The highest BCUT2D eigenvalue weighted by Crippen LogP contribution is 2.44. The Hall–Kier alpha value is -1.90. The monoisotopic (exact) mass is 412 g/mol. The van der Waals surface area contributed by atoms with E-state index in [4.69, 9.17) is 16.7 Å². The van der Waals surface area contributed by atoms with Gasteiger partial charge in [0, 0.05) is 36.8 Å². The average Bonchev–Trinajstić information content (AvgIpc) is 3.39. The van der Waals surface area contributed by atoms with Crippen molar-refractivity contribution in [1.29, 1.82) is 0 Å². The van der Waals surface area contributed by atoms with Gasteiger partial charge in [0.25, 0.3) is 0 Å². The van der Waals surface area contributed by atoms with Gasteiger partial charge in [0.2, 0.25) is 0 Å². The number of alkyl halides is 1. The summed E-state index contributed by atoms with van der Waals surface area (Å²) < 4.78 is 15.0. The van der Waals surface area contributed by atoms with Gasteiger partial charge in [-0.1, -0.05) is 0 Å². The van der Waals surface area contributed by atoms with Crippen LogP contribution in [0.15, 0.2) is 34.9 Å². The lowest BCUT2D eigenvalue weighted by Gasteiger charge is -2.43. The fraction of sp³-hybridized carbons (Fsp3) is 0.579. The number of carboxylic acid groups (broad SMARTS) is 1. The van der Waals surface area contributed by atoms with E-state index in [1.165, 1.54) is 6.20 Å². The molecule has 2 fully saturated rings. The van der Waals surface area contributed by atoms with E-state index in [-0.39, 0.29) is 35.4 Å². The van der Waals surface area contributed by atoms with E-state index in [2.05, 4.69) is 0 Å². The number of Topliss-reactive ketones (excluding diaryl/α,β-unsaturated/α-hetero) is 1. The fourth-order valence-electron chi connectivity index (χ4n) is 4.34. The molecule has 152 valence electrons. The maximum absolute atomic E-state index is 15.0. The third-order valence-electron chi connectivity index (χ3n) is 5.99. The second kappa shape index (κ2) is 7.17. The molecule has 2 heterocycles. The Bertz CT molecular complexity index is 806. The number of nitrogens with zero attached hydrogens (tertiary/aromatic N) is 2. The molecule has 0 aromatic rings. The highest BCUT2D eigenvalue weighted by Gasteiger charge is 2.49. The number of aliphatic carboxylic acids is 1. The normalized spacial score (nSPS) is 31.6. The van der Waals surface area contributed by atoms with Crippen molar-refractivity contribution in [3.8, 4) is 0 Å². The number of hydrogen-bond acceptors (Lipinski definition) is 6. The molecule has 2 aliphatic heterocycles. The minimum atomic E-state index is -1.34. The molecule has 4 unspecified atom stereocenters. The van der Waals surface area contributed by atoms with Crippen molar-refractivity contribution in [2.75, 3.05) is 19.7 Å². The molecular weight excluding hydrogens is 391 g/mol. The largest absolute Gasteiger partial charge is 0.477 e. The second-order valence-corrected chi connectivity index (χ2v) is 8.25. The molecule has 7 nitrogen and oxygen atoms in total. The predicted octanol–water partition coefficient (Wildman–Crippen LogP) is 0.774. The molecule has 4 rings (SSSR count). The second-order valence-electron chi connectivity index (χ2n) is 7.78. The molecule has 1 saturated heterocycles. The Balaban J connectivity index is 1.68. The first kappa shape index (κ1) is 19.4. The summed E-state index contributed by atoms with van der Waals surface area (Å²) in [4.78, 5) is 27.6. The van der Waals surface area contributed by atoms with Crippen LogP contribution in [-0.2, 0) is 9.59 Å². The van der Waals surface area contributed by atoms with Crippen LogP contribution in [0.4, 0.5) is 4.39 Å². The zero-order valence-electron chi connectivity index (χ0n) is 15.1. The van der Waals surface area contributed by atoms with Crippen molar-refractivity contribution in [3.05, 3.63) is 34.9 Å². The topological polar surface area (TPSA) is 101 Å². The number of aliphatic hydroxyl groups is 2. The Morgan fingerprint density at radius 2 is 2.07 bits per heavy atom. The SMILES string of the molecule is O=C(O)C1=CN(C2CC2)C2C(=CC(F)=C(N3CCC(C(O)CO)C3)C2Cl)C1=O. The molecule has 0 bridgehead atoms. The molecule has 0 aromatic heterocycles. The van der Waals surface area contributed by atoms with Crippen molar-refractivity contribution >= 4 is 23.4 Å². The Labute approximate surface area is 166 Å². The quantitative estimate of drug-likeness (QED) is 0.453. The van der Waals surface area contributed by atoms with Crippen LogP contribution in [0, 0.1) is 5.92 Å². The van der Waals surface area contributed by atoms with Gasteiger partial charge in [-0.3, -0.25) is 4.79 Å². The van der Waals surface area contributed by atoms with Gasteiger partial charge in [0.15, 0.2) is 5.78 Å².